The summed E-state index contributed by atoms with van der Waals surface area (Å²) in [5.74, 6) is -4.56. The van der Waals surface area contributed by atoms with Gasteiger partial charge in [-0.05, 0) is 36.5 Å². The number of nitrogens with one attached hydrogen (secondary N) is 2. The van der Waals surface area contributed by atoms with E-state index >= 15 is 0 Å². The Kier molecular flexibility index (Phi) is 11.0. The van der Waals surface area contributed by atoms with E-state index in [0.717, 1.165) is 0 Å². The standard InChI is InChI=1S/C29H39F3N2O7Si/c1-9-40-27(39)20-18(23(17-13-11-10-12-14-17)34-25(36)21(20)26(37)38)15-19(35)33-22(16(2)3)24(29(30,31)32)41-42(7,8)28(4,5)6/h10-14,16,22,24H,9,15H2,1-8H3,(H,33,35)(H,34,36)(H,37,38). The number of aromatic carboxylic acids is 1. The van der Waals surface area contributed by atoms with Crippen LogP contribution < -0.4 is 10.9 Å². The summed E-state index contributed by atoms with van der Waals surface area (Å²) in [5, 5.41) is 11.7. The first-order valence-electron chi connectivity index (χ1n) is 13.5. The number of alkyl halides is 3. The van der Waals surface area contributed by atoms with Crippen LogP contribution >= 0.6 is 0 Å². The number of carbonyl (C=O) groups is 3. The summed E-state index contributed by atoms with van der Waals surface area (Å²) in [5.41, 5.74) is -2.58. The fourth-order valence-corrected chi connectivity index (χ4v) is 5.40. The summed E-state index contributed by atoms with van der Waals surface area (Å²) in [6.07, 6.45) is -7.88. The molecule has 13 heteroatoms. The summed E-state index contributed by atoms with van der Waals surface area (Å²) in [4.78, 5) is 53.8. The zero-order chi connectivity index (χ0) is 32.2. The lowest BCUT2D eigenvalue weighted by atomic mass is 9.93. The Hall–Kier alpha value is -3.45. The van der Waals surface area contributed by atoms with Gasteiger partial charge in [0.1, 0.15) is 5.56 Å². The Morgan fingerprint density at radius 3 is 2.07 bits per heavy atom. The van der Waals surface area contributed by atoms with Crippen molar-refractivity contribution >= 4 is 26.2 Å². The molecule has 9 nitrogen and oxygen atoms in total. The van der Waals surface area contributed by atoms with Crippen LogP contribution in [0.15, 0.2) is 35.1 Å². The number of carboxylic acids is 1. The number of aromatic amines is 1. The molecule has 42 heavy (non-hydrogen) atoms. The van der Waals surface area contributed by atoms with Crippen molar-refractivity contribution in [1.82, 2.24) is 10.3 Å². The molecule has 0 saturated heterocycles. The number of ether oxygens (including phenoxy) is 1. The zero-order valence-corrected chi connectivity index (χ0v) is 26.1. The number of carboxylic acid groups (broad SMARTS) is 1. The Labute approximate surface area is 243 Å². The number of pyridine rings is 1. The van der Waals surface area contributed by atoms with Crippen LogP contribution in [0.1, 0.15) is 67.8 Å². The lowest BCUT2D eigenvalue weighted by molar-refractivity contribution is -0.210. The molecule has 3 N–H and O–H groups in total. The van der Waals surface area contributed by atoms with Gasteiger partial charge in [0.15, 0.2) is 14.4 Å². The van der Waals surface area contributed by atoms with Gasteiger partial charge in [-0.2, -0.15) is 13.2 Å². The van der Waals surface area contributed by atoms with Crippen LogP contribution in [0.4, 0.5) is 13.2 Å². The lowest BCUT2D eigenvalue weighted by Gasteiger charge is -2.43. The molecule has 2 atom stereocenters. The van der Waals surface area contributed by atoms with Crippen molar-refractivity contribution in [2.24, 2.45) is 5.92 Å². The van der Waals surface area contributed by atoms with Crippen molar-refractivity contribution in [2.75, 3.05) is 6.61 Å². The molecule has 1 aromatic heterocycles. The van der Waals surface area contributed by atoms with Gasteiger partial charge in [0.05, 0.1) is 30.3 Å². The van der Waals surface area contributed by atoms with E-state index in [-0.39, 0.29) is 17.9 Å². The highest BCUT2D eigenvalue weighted by Gasteiger charge is 2.52. The minimum atomic E-state index is -4.82. The van der Waals surface area contributed by atoms with Gasteiger partial charge in [0.25, 0.3) is 5.56 Å². The number of H-pyrrole nitrogens is 1. The second-order valence-electron chi connectivity index (χ2n) is 11.8. The predicted octanol–water partition coefficient (Wildman–Crippen LogP) is 5.55. The van der Waals surface area contributed by atoms with Crippen LogP contribution in [0.2, 0.25) is 18.1 Å². The molecule has 2 aromatic rings. The number of amides is 1. The molecule has 0 aliphatic rings. The zero-order valence-electron chi connectivity index (χ0n) is 25.1. The summed E-state index contributed by atoms with van der Waals surface area (Å²) >= 11 is 0. The Morgan fingerprint density at radius 1 is 1.05 bits per heavy atom. The highest BCUT2D eigenvalue weighted by atomic mass is 28.4. The first-order valence-corrected chi connectivity index (χ1v) is 16.4. The maximum absolute atomic E-state index is 14.4. The maximum atomic E-state index is 14.4. The van der Waals surface area contributed by atoms with E-state index < -0.39 is 78.5 Å². The fraction of sp³-hybridized carbons (Fsp3) is 0.517. The number of rotatable bonds is 11. The number of esters is 1. The van der Waals surface area contributed by atoms with Gasteiger partial charge in [-0.25, -0.2) is 9.59 Å². The molecule has 1 aromatic carbocycles. The minimum Gasteiger partial charge on any atom is -0.477 e. The van der Waals surface area contributed by atoms with E-state index in [0.29, 0.717) is 5.56 Å². The largest absolute Gasteiger partial charge is 0.477 e. The summed E-state index contributed by atoms with van der Waals surface area (Å²) in [7, 11) is -2.96. The molecular formula is C29H39F3N2O7Si. The molecule has 0 aliphatic carbocycles. The normalized spacial score (nSPS) is 13.9. The first kappa shape index (κ1) is 34.7. The van der Waals surface area contributed by atoms with Crippen molar-refractivity contribution in [3.63, 3.8) is 0 Å². The average Bonchev–Trinajstić information content (AvgIpc) is 2.85. The number of carbonyl (C=O) groups excluding carboxylic acids is 2. The molecule has 0 bridgehead atoms. The minimum absolute atomic E-state index is 0.0326. The van der Waals surface area contributed by atoms with Gasteiger partial charge in [-0.1, -0.05) is 65.0 Å². The molecule has 2 unspecified atom stereocenters. The van der Waals surface area contributed by atoms with E-state index in [1.165, 1.54) is 20.8 Å². The second kappa shape index (κ2) is 13.2. The SMILES string of the molecule is CCOC(=O)c1c(CC(=O)NC(C(C)C)C(O[Si](C)(C)C(C)(C)C)C(F)(F)F)c(-c2ccccc2)[nH]c(=O)c1C(=O)O. The molecule has 0 radical (unpaired) electrons. The maximum Gasteiger partial charge on any atom is 0.415 e. The number of benzene rings is 1. The van der Waals surface area contributed by atoms with Crippen molar-refractivity contribution in [1.29, 1.82) is 0 Å². The lowest BCUT2D eigenvalue weighted by Crippen LogP contribution is -2.59. The number of hydrogen-bond acceptors (Lipinski definition) is 6. The average molecular weight is 613 g/mol. The molecule has 0 saturated carbocycles. The molecule has 0 aliphatic heterocycles. The smallest absolute Gasteiger partial charge is 0.415 e. The van der Waals surface area contributed by atoms with Gasteiger partial charge in [0, 0.05) is 5.56 Å². The van der Waals surface area contributed by atoms with E-state index in [1.54, 1.807) is 64.2 Å². The number of hydrogen-bond donors (Lipinski definition) is 3. The highest BCUT2D eigenvalue weighted by molar-refractivity contribution is 6.74. The van der Waals surface area contributed by atoms with Crippen molar-refractivity contribution < 1.29 is 41.8 Å². The molecular weight excluding hydrogens is 573 g/mol. The Morgan fingerprint density at radius 2 is 1.62 bits per heavy atom. The molecule has 1 heterocycles. The van der Waals surface area contributed by atoms with Crippen molar-refractivity contribution in [3.05, 3.63) is 57.4 Å². The summed E-state index contributed by atoms with van der Waals surface area (Å²) in [6, 6.07) is 6.52. The van der Waals surface area contributed by atoms with Gasteiger partial charge in [0.2, 0.25) is 5.91 Å². The van der Waals surface area contributed by atoms with Crippen molar-refractivity contribution in [3.8, 4) is 11.3 Å². The van der Waals surface area contributed by atoms with Crippen LogP contribution in [0.5, 0.6) is 0 Å². The van der Waals surface area contributed by atoms with E-state index in [9.17, 15) is 37.5 Å². The summed E-state index contributed by atoms with van der Waals surface area (Å²) in [6.45, 7) is 13.1. The first-order chi connectivity index (χ1) is 19.2. The van der Waals surface area contributed by atoms with Crippen LogP contribution in [0, 0.1) is 5.92 Å². The third-order valence-corrected chi connectivity index (χ3v) is 11.8. The molecule has 0 spiro atoms. The Bertz CT molecular complexity index is 1350. The van der Waals surface area contributed by atoms with E-state index in [4.69, 9.17) is 9.16 Å². The fourth-order valence-electron chi connectivity index (χ4n) is 4.13. The van der Waals surface area contributed by atoms with Crippen LogP contribution in [-0.2, 0) is 20.4 Å². The summed E-state index contributed by atoms with van der Waals surface area (Å²) < 4.78 is 54.1. The molecule has 0 fully saturated rings. The molecule has 2 rings (SSSR count). The van der Waals surface area contributed by atoms with Crippen molar-refractivity contribution in [2.45, 2.75) is 84.4 Å². The Balaban J connectivity index is 2.69. The quantitative estimate of drug-likeness (QED) is 0.224. The van der Waals surface area contributed by atoms with Crippen LogP contribution in [0.3, 0.4) is 0 Å². The van der Waals surface area contributed by atoms with Gasteiger partial charge < -0.3 is 24.6 Å². The predicted molar refractivity (Wildman–Crippen MR) is 154 cm³/mol. The van der Waals surface area contributed by atoms with E-state index in [1.807, 2.05) is 0 Å². The molecule has 232 valence electrons. The highest BCUT2D eigenvalue weighted by Crippen LogP contribution is 2.41. The third kappa shape index (κ3) is 8.09. The third-order valence-electron chi connectivity index (χ3n) is 7.33. The molecule has 1 amide bonds. The number of aromatic nitrogens is 1. The number of halogens is 3. The van der Waals surface area contributed by atoms with Gasteiger partial charge in [-0.3, -0.25) is 9.59 Å². The second-order valence-corrected chi connectivity index (χ2v) is 16.6. The van der Waals surface area contributed by atoms with Gasteiger partial charge in [-0.15, -0.1) is 0 Å². The topological polar surface area (TPSA) is 135 Å². The van der Waals surface area contributed by atoms with Crippen LogP contribution in [0.25, 0.3) is 11.3 Å². The van der Waals surface area contributed by atoms with Gasteiger partial charge >= 0.3 is 18.1 Å². The van der Waals surface area contributed by atoms with Crippen LogP contribution in [-0.4, -0.2) is 61.2 Å². The monoisotopic (exact) mass is 612 g/mol. The van der Waals surface area contributed by atoms with E-state index in [2.05, 4.69) is 10.3 Å².